The minimum Gasteiger partial charge on any atom is -0.467 e. The van der Waals surface area contributed by atoms with E-state index in [1.54, 1.807) is 6.92 Å². The van der Waals surface area contributed by atoms with Crippen molar-refractivity contribution >= 4 is 55.5 Å². The van der Waals surface area contributed by atoms with Gasteiger partial charge in [0.2, 0.25) is 5.60 Å². The average molecular weight is 467 g/mol. The van der Waals surface area contributed by atoms with Crippen molar-refractivity contribution in [3.63, 3.8) is 0 Å². The van der Waals surface area contributed by atoms with Crippen LogP contribution in [0.5, 0.6) is 0 Å². The van der Waals surface area contributed by atoms with Crippen LogP contribution in [-0.2, 0) is 26.5 Å². The number of aliphatic hydroxyl groups is 1. The Morgan fingerprint density at radius 2 is 1.77 bits per heavy atom. The molecule has 35 heavy (non-hydrogen) atoms. The molecule has 5 heterocycles. The highest BCUT2D eigenvalue weighted by Gasteiger charge is 2.65. The second-order valence-corrected chi connectivity index (χ2v) is 9.83. The first-order valence-corrected chi connectivity index (χ1v) is 11.7. The van der Waals surface area contributed by atoms with Crippen LogP contribution in [0.2, 0.25) is 0 Å². The number of esters is 1. The molecule has 2 bridgehead atoms. The van der Waals surface area contributed by atoms with Gasteiger partial charge in [-0.05, 0) is 24.6 Å². The number of carbonyl (C=O) groups is 2. The number of hydrogen-bond acceptors (Lipinski definition) is 5. The Labute approximate surface area is 198 Å². The Morgan fingerprint density at radius 1 is 1.09 bits per heavy atom. The van der Waals surface area contributed by atoms with Crippen LogP contribution >= 0.6 is 0 Å². The van der Waals surface area contributed by atoms with Gasteiger partial charge in [0.05, 0.1) is 34.7 Å². The second-order valence-electron chi connectivity index (χ2n) is 9.83. The minimum absolute atomic E-state index is 0.0146. The van der Waals surface area contributed by atoms with E-state index in [-0.39, 0.29) is 12.3 Å². The van der Waals surface area contributed by atoms with E-state index in [4.69, 9.17) is 9.47 Å². The fourth-order valence-electron chi connectivity index (χ4n) is 6.89. The number of amides is 1. The number of hydrogen-bond donors (Lipinski definition) is 2. The zero-order valence-corrected chi connectivity index (χ0v) is 19.1. The van der Waals surface area contributed by atoms with E-state index in [2.05, 4.69) is 9.88 Å². The Bertz CT molecular complexity index is 1830. The van der Waals surface area contributed by atoms with E-state index < -0.39 is 23.5 Å². The van der Waals surface area contributed by atoms with E-state index >= 15 is 0 Å². The lowest BCUT2D eigenvalue weighted by atomic mass is 9.88. The standard InChI is InChI=1S/C27H21N3O5/c1-26-27(33,25(32)34-2)11-18(35-26)29-16-9-5-3-7-13(16)20-21-15(12-28-24(21)31)19-14-8-4-6-10-17(14)30(26)23(19)22(20)29/h3-10,18,33H,11-12H2,1-2H3,(H,28,31)/t18-,26-,27-/m1/s1. The third-order valence-electron chi connectivity index (χ3n) is 8.36. The molecule has 0 saturated carbocycles. The van der Waals surface area contributed by atoms with Gasteiger partial charge in [-0.3, -0.25) is 4.79 Å². The molecule has 1 amide bonds. The van der Waals surface area contributed by atoms with Gasteiger partial charge in [0.15, 0.2) is 5.72 Å². The van der Waals surface area contributed by atoms with Crippen LogP contribution in [0.25, 0.3) is 43.6 Å². The summed E-state index contributed by atoms with van der Waals surface area (Å²) in [5, 5.41) is 18.7. The molecule has 0 spiro atoms. The van der Waals surface area contributed by atoms with Crippen LogP contribution in [0.3, 0.4) is 0 Å². The third kappa shape index (κ3) is 1.89. The number of ether oxygens (including phenoxy) is 2. The first-order valence-electron chi connectivity index (χ1n) is 11.7. The highest BCUT2D eigenvalue weighted by atomic mass is 16.6. The molecule has 1 saturated heterocycles. The van der Waals surface area contributed by atoms with E-state index in [0.717, 1.165) is 49.2 Å². The molecule has 0 unspecified atom stereocenters. The molecule has 8 rings (SSSR count). The van der Waals surface area contributed by atoms with Crippen LogP contribution in [0.4, 0.5) is 0 Å². The molecule has 0 radical (unpaired) electrons. The maximum atomic E-state index is 13.2. The fraction of sp³-hybridized carbons (Fsp3) is 0.259. The van der Waals surface area contributed by atoms with Gasteiger partial charge in [0.1, 0.15) is 6.23 Å². The molecular formula is C27H21N3O5. The minimum atomic E-state index is -1.93. The van der Waals surface area contributed by atoms with Gasteiger partial charge in [0.25, 0.3) is 5.91 Å². The maximum Gasteiger partial charge on any atom is 0.343 e. The number of carbonyl (C=O) groups excluding carboxylic acids is 2. The molecule has 3 aromatic carbocycles. The van der Waals surface area contributed by atoms with Gasteiger partial charge < -0.3 is 29.0 Å². The molecular weight excluding hydrogens is 446 g/mol. The van der Waals surface area contributed by atoms with Gasteiger partial charge in [0, 0.05) is 34.5 Å². The Kier molecular flexibility index (Phi) is 3.24. The molecule has 2 aromatic heterocycles. The predicted octanol–water partition coefficient (Wildman–Crippen LogP) is 3.66. The van der Waals surface area contributed by atoms with Crippen LogP contribution in [0, 0.1) is 0 Å². The van der Waals surface area contributed by atoms with E-state index in [1.807, 2.05) is 53.1 Å². The molecule has 8 nitrogen and oxygen atoms in total. The quantitative estimate of drug-likeness (QED) is 0.367. The van der Waals surface area contributed by atoms with Gasteiger partial charge in [-0.1, -0.05) is 36.4 Å². The van der Waals surface area contributed by atoms with Crippen LogP contribution in [0.1, 0.15) is 35.5 Å². The molecule has 8 heteroatoms. The van der Waals surface area contributed by atoms with E-state index in [1.165, 1.54) is 7.11 Å². The number of aromatic nitrogens is 2. The molecule has 5 aromatic rings. The lowest BCUT2D eigenvalue weighted by Crippen LogP contribution is -2.56. The van der Waals surface area contributed by atoms with Crippen molar-refractivity contribution in [1.29, 1.82) is 0 Å². The van der Waals surface area contributed by atoms with Crippen LogP contribution in [-0.4, -0.2) is 38.8 Å². The van der Waals surface area contributed by atoms with Crippen LogP contribution < -0.4 is 5.32 Å². The molecule has 3 aliphatic heterocycles. The van der Waals surface area contributed by atoms with Crippen molar-refractivity contribution in [3.05, 3.63) is 59.7 Å². The van der Waals surface area contributed by atoms with Crippen molar-refractivity contribution in [2.75, 3.05) is 7.11 Å². The normalized spacial score (nSPS) is 26.7. The zero-order valence-electron chi connectivity index (χ0n) is 19.1. The molecule has 1 fully saturated rings. The summed E-state index contributed by atoms with van der Waals surface area (Å²) >= 11 is 0. The monoisotopic (exact) mass is 467 g/mol. The maximum absolute atomic E-state index is 13.2. The summed E-state index contributed by atoms with van der Waals surface area (Å²) in [5.41, 5.74) is 1.69. The second kappa shape index (κ2) is 5.84. The number of nitrogens with one attached hydrogen (secondary N) is 1. The average Bonchev–Trinajstić information content (AvgIpc) is 3.55. The van der Waals surface area contributed by atoms with Crippen LogP contribution in [0.15, 0.2) is 48.5 Å². The van der Waals surface area contributed by atoms with Crippen molar-refractivity contribution in [1.82, 2.24) is 14.5 Å². The largest absolute Gasteiger partial charge is 0.467 e. The van der Waals surface area contributed by atoms with Gasteiger partial charge >= 0.3 is 5.97 Å². The smallest absolute Gasteiger partial charge is 0.343 e. The van der Waals surface area contributed by atoms with E-state index in [9.17, 15) is 14.7 Å². The highest BCUT2D eigenvalue weighted by molar-refractivity contribution is 6.31. The summed E-state index contributed by atoms with van der Waals surface area (Å²) in [5.74, 6) is -0.822. The van der Waals surface area contributed by atoms with Gasteiger partial charge in [-0.25, -0.2) is 4.79 Å². The van der Waals surface area contributed by atoms with Crippen molar-refractivity contribution in [3.8, 4) is 0 Å². The third-order valence-corrected chi connectivity index (χ3v) is 8.36. The summed E-state index contributed by atoms with van der Waals surface area (Å²) in [6.07, 6.45) is -0.628. The molecule has 3 aliphatic rings. The molecule has 2 N–H and O–H groups in total. The van der Waals surface area contributed by atoms with Crippen molar-refractivity contribution in [2.24, 2.45) is 0 Å². The summed E-state index contributed by atoms with van der Waals surface area (Å²) < 4.78 is 15.8. The summed E-state index contributed by atoms with van der Waals surface area (Å²) in [7, 11) is 1.28. The van der Waals surface area contributed by atoms with Gasteiger partial charge in [-0.15, -0.1) is 0 Å². The lowest BCUT2D eigenvalue weighted by molar-refractivity contribution is -0.202. The number of nitrogens with zero attached hydrogens (tertiary/aromatic N) is 2. The molecule has 0 aliphatic carbocycles. The lowest BCUT2D eigenvalue weighted by Gasteiger charge is -2.37. The summed E-state index contributed by atoms with van der Waals surface area (Å²) in [6.45, 7) is 2.17. The number of fused-ring (bicyclic) bond motifs is 13. The van der Waals surface area contributed by atoms with Crippen molar-refractivity contribution < 1.29 is 24.2 Å². The Balaban J connectivity index is 1.73. The first-order chi connectivity index (χ1) is 16.9. The van der Waals surface area contributed by atoms with Crippen molar-refractivity contribution in [2.45, 2.75) is 37.4 Å². The number of rotatable bonds is 1. The first kappa shape index (κ1) is 19.4. The van der Waals surface area contributed by atoms with E-state index in [0.29, 0.717) is 12.1 Å². The number of para-hydroxylation sites is 2. The predicted molar refractivity (Wildman–Crippen MR) is 129 cm³/mol. The Morgan fingerprint density at radius 3 is 2.51 bits per heavy atom. The molecule has 174 valence electrons. The number of benzene rings is 3. The topological polar surface area (TPSA) is 94.7 Å². The SMILES string of the molecule is COC(=O)[C@]1(O)C[C@H]2O[C@@]1(C)n1c3ccccc3c3c4c(c5c6ccccc6n2c5c31)C(=O)NC4. The molecule has 3 atom stereocenters. The highest BCUT2D eigenvalue weighted by Crippen LogP contribution is 2.57. The number of methoxy groups -OCH3 is 1. The Hall–Kier alpha value is -3.88. The van der Waals surface area contributed by atoms with Gasteiger partial charge in [-0.2, -0.15) is 0 Å². The zero-order chi connectivity index (χ0) is 23.9. The fourth-order valence-corrected chi connectivity index (χ4v) is 6.89. The summed E-state index contributed by atoms with van der Waals surface area (Å²) in [4.78, 5) is 26.3. The summed E-state index contributed by atoms with van der Waals surface area (Å²) in [6, 6.07) is 15.8.